The van der Waals surface area contributed by atoms with Crippen molar-refractivity contribution in [2.45, 2.75) is 25.9 Å². The number of rotatable bonds is 4. The molecule has 1 aliphatic heterocycles. The van der Waals surface area contributed by atoms with Crippen LogP contribution in [0, 0.1) is 0 Å². The highest BCUT2D eigenvalue weighted by molar-refractivity contribution is 6.15. The van der Waals surface area contributed by atoms with Crippen LogP contribution < -0.4 is 4.90 Å². The van der Waals surface area contributed by atoms with Crippen molar-refractivity contribution in [3.63, 3.8) is 0 Å². The second kappa shape index (κ2) is 6.78. The summed E-state index contributed by atoms with van der Waals surface area (Å²) in [5.41, 5.74) is 3.57. The Morgan fingerprint density at radius 1 is 1.03 bits per heavy atom. The van der Waals surface area contributed by atoms with E-state index in [0.717, 1.165) is 23.0 Å². The van der Waals surface area contributed by atoms with Gasteiger partial charge in [-0.2, -0.15) is 0 Å². The number of hydrogen-bond acceptors (Lipinski definition) is 3. The molecule has 144 valence electrons. The highest BCUT2D eigenvalue weighted by Gasteiger charge is 2.31. The first-order chi connectivity index (χ1) is 14.1. The fourth-order valence-electron chi connectivity index (χ4n) is 4.27. The number of carbonyl (C=O) groups is 2. The number of hydrogen-bond donors (Lipinski definition) is 0. The van der Waals surface area contributed by atoms with E-state index in [1.54, 1.807) is 18.3 Å². The molecule has 1 unspecified atom stereocenters. The van der Waals surface area contributed by atoms with Crippen molar-refractivity contribution in [3.8, 4) is 0 Å². The van der Waals surface area contributed by atoms with Gasteiger partial charge in [0, 0.05) is 28.8 Å². The molecular weight excluding hydrogens is 364 g/mol. The molecule has 2 aromatic heterocycles. The van der Waals surface area contributed by atoms with Crippen LogP contribution in [0.5, 0.6) is 0 Å². The van der Waals surface area contributed by atoms with Gasteiger partial charge in [0.25, 0.3) is 0 Å². The molecular formula is C24H20N2O3. The summed E-state index contributed by atoms with van der Waals surface area (Å²) in [7, 11) is 0. The molecule has 0 fully saturated rings. The third-order valence-electron chi connectivity index (χ3n) is 5.56. The van der Waals surface area contributed by atoms with E-state index in [9.17, 15) is 9.59 Å². The summed E-state index contributed by atoms with van der Waals surface area (Å²) >= 11 is 0. The van der Waals surface area contributed by atoms with Crippen molar-refractivity contribution in [1.29, 1.82) is 0 Å². The average molecular weight is 384 g/mol. The smallest absolute Gasteiger partial charge is 0.247 e. The molecule has 1 amide bonds. The fraction of sp³-hybridized carbons (Fsp3) is 0.167. The molecule has 0 radical (unpaired) electrons. The number of nitrogens with zero attached hydrogens (tertiary/aromatic N) is 2. The first-order valence-corrected chi connectivity index (χ1v) is 9.69. The minimum Gasteiger partial charge on any atom is -0.461 e. The Morgan fingerprint density at radius 2 is 1.83 bits per heavy atom. The van der Waals surface area contributed by atoms with Crippen molar-refractivity contribution in [3.05, 3.63) is 90.0 Å². The summed E-state index contributed by atoms with van der Waals surface area (Å²) in [6.07, 6.45) is 4.11. The normalized spacial score (nSPS) is 15.6. The van der Waals surface area contributed by atoms with Crippen molar-refractivity contribution in [2.24, 2.45) is 0 Å². The number of ketones is 1. The van der Waals surface area contributed by atoms with E-state index in [1.165, 1.54) is 11.8 Å². The summed E-state index contributed by atoms with van der Waals surface area (Å²) in [6.45, 7) is 2.24. The van der Waals surface area contributed by atoms with Crippen LogP contribution in [-0.4, -0.2) is 22.3 Å². The van der Waals surface area contributed by atoms with Crippen LogP contribution >= 0.6 is 0 Å². The molecule has 0 saturated heterocycles. The van der Waals surface area contributed by atoms with Crippen LogP contribution in [0.2, 0.25) is 0 Å². The zero-order valence-corrected chi connectivity index (χ0v) is 16.0. The zero-order valence-electron chi connectivity index (χ0n) is 16.0. The number of anilines is 1. The second-order valence-corrected chi connectivity index (χ2v) is 7.44. The van der Waals surface area contributed by atoms with E-state index in [-0.39, 0.29) is 24.3 Å². The molecule has 0 spiro atoms. The monoisotopic (exact) mass is 384 g/mol. The standard InChI is InChI=1S/C24H20N2O3/c1-16-13-17-7-2-4-9-20(17)26(16)23(27)15-25-14-19(18-8-3-5-10-21(18)25)24(28)22-11-6-12-29-22/h2-12,14,16H,13,15H2,1H3. The quantitative estimate of drug-likeness (QED) is 0.489. The number of fused-ring (bicyclic) bond motifs is 2. The first kappa shape index (κ1) is 17.5. The summed E-state index contributed by atoms with van der Waals surface area (Å²) in [6, 6.07) is 19.2. The van der Waals surface area contributed by atoms with E-state index in [0.29, 0.717) is 11.3 Å². The summed E-state index contributed by atoms with van der Waals surface area (Å²) < 4.78 is 7.15. The lowest BCUT2D eigenvalue weighted by Gasteiger charge is -2.23. The number of carbonyl (C=O) groups excluding carboxylic acids is 2. The van der Waals surface area contributed by atoms with Gasteiger partial charge in [-0.05, 0) is 43.2 Å². The Hall–Kier alpha value is -3.60. The van der Waals surface area contributed by atoms with E-state index in [1.807, 2.05) is 51.9 Å². The Balaban J connectivity index is 1.52. The predicted octanol–water partition coefficient (Wildman–Crippen LogP) is 4.44. The van der Waals surface area contributed by atoms with E-state index in [2.05, 4.69) is 13.0 Å². The van der Waals surface area contributed by atoms with Crippen molar-refractivity contribution in [2.75, 3.05) is 4.90 Å². The average Bonchev–Trinajstić information content (AvgIpc) is 3.44. The summed E-state index contributed by atoms with van der Waals surface area (Å²) in [4.78, 5) is 28.0. The third-order valence-corrected chi connectivity index (χ3v) is 5.56. The highest BCUT2D eigenvalue weighted by Crippen LogP contribution is 2.32. The Morgan fingerprint density at radius 3 is 2.66 bits per heavy atom. The maximum absolute atomic E-state index is 13.2. The van der Waals surface area contributed by atoms with Crippen molar-refractivity contribution < 1.29 is 14.0 Å². The number of furan rings is 1. The van der Waals surface area contributed by atoms with Crippen LogP contribution in [0.25, 0.3) is 10.9 Å². The lowest BCUT2D eigenvalue weighted by atomic mass is 10.1. The number of aromatic nitrogens is 1. The molecule has 3 heterocycles. The largest absolute Gasteiger partial charge is 0.461 e. The summed E-state index contributed by atoms with van der Waals surface area (Å²) in [5.74, 6) is 0.124. The van der Waals surface area contributed by atoms with Gasteiger partial charge in [-0.15, -0.1) is 0 Å². The van der Waals surface area contributed by atoms with E-state index in [4.69, 9.17) is 4.42 Å². The van der Waals surface area contributed by atoms with Gasteiger partial charge in [-0.25, -0.2) is 0 Å². The first-order valence-electron chi connectivity index (χ1n) is 9.69. The zero-order chi connectivity index (χ0) is 20.0. The summed E-state index contributed by atoms with van der Waals surface area (Å²) in [5, 5.41) is 0.816. The molecule has 5 rings (SSSR count). The lowest BCUT2D eigenvalue weighted by Crippen LogP contribution is -2.37. The third kappa shape index (κ3) is 2.86. The number of para-hydroxylation sites is 2. The lowest BCUT2D eigenvalue weighted by molar-refractivity contribution is -0.119. The van der Waals surface area contributed by atoms with Crippen LogP contribution in [0.15, 0.2) is 77.5 Å². The van der Waals surface area contributed by atoms with Crippen LogP contribution in [0.4, 0.5) is 5.69 Å². The van der Waals surface area contributed by atoms with Gasteiger partial charge in [0.1, 0.15) is 6.54 Å². The maximum atomic E-state index is 13.2. The molecule has 0 saturated carbocycles. The molecule has 0 bridgehead atoms. The minimum absolute atomic E-state index is 0.0141. The minimum atomic E-state index is -0.183. The van der Waals surface area contributed by atoms with Gasteiger partial charge >= 0.3 is 0 Å². The molecule has 0 aliphatic carbocycles. The van der Waals surface area contributed by atoms with Gasteiger partial charge in [0.2, 0.25) is 11.7 Å². The van der Waals surface area contributed by atoms with Crippen LogP contribution in [0.3, 0.4) is 0 Å². The van der Waals surface area contributed by atoms with E-state index < -0.39 is 0 Å². The predicted molar refractivity (Wildman–Crippen MR) is 111 cm³/mol. The Bertz CT molecular complexity index is 1220. The molecule has 1 atom stereocenters. The van der Waals surface area contributed by atoms with Gasteiger partial charge in [-0.3, -0.25) is 9.59 Å². The van der Waals surface area contributed by atoms with Gasteiger partial charge in [0.15, 0.2) is 5.76 Å². The molecule has 2 aromatic carbocycles. The SMILES string of the molecule is CC1Cc2ccccc2N1C(=O)Cn1cc(C(=O)c2ccco2)c2ccccc21. The number of benzene rings is 2. The highest BCUT2D eigenvalue weighted by atomic mass is 16.3. The van der Waals surface area contributed by atoms with Gasteiger partial charge < -0.3 is 13.9 Å². The van der Waals surface area contributed by atoms with Gasteiger partial charge in [0.05, 0.1) is 11.8 Å². The molecule has 0 N–H and O–H groups in total. The Kier molecular flexibility index (Phi) is 4.09. The molecule has 1 aliphatic rings. The topological polar surface area (TPSA) is 55.5 Å². The fourth-order valence-corrected chi connectivity index (χ4v) is 4.27. The van der Waals surface area contributed by atoms with Crippen LogP contribution in [-0.2, 0) is 17.8 Å². The van der Waals surface area contributed by atoms with Crippen LogP contribution in [0.1, 0.15) is 28.6 Å². The number of amides is 1. The second-order valence-electron chi connectivity index (χ2n) is 7.44. The molecule has 29 heavy (non-hydrogen) atoms. The molecule has 5 heteroatoms. The van der Waals surface area contributed by atoms with Crippen molar-refractivity contribution in [1.82, 2.24) is 4.57 Å². The molecule has 5 nitrogen and oxygen atoms in total. The van der Waals surface area contributed by atoms with E-state index >= 15 is 0 Å². The molecule has 4 aromatic rings. The Labute approximate surface area is 168 Å². The van der Waals surface area contributed by atoms with Crippen molar-refractivity contribution >= 4 is 28.3 Å². The maximum Gasteiger partial charge on any atom is 0.247 e. The van der Waals surface area contributed by atoms with Gasteiger partial charge in [-0.1, -0.05) is 36.4 Å².